The van der Waals surface area contributed by atoms with E-state index in [1.165, 1.54) is 6.26 Å². The third-order valence-electron chi connectivity index (χ3n) is 2.04. The maximum atomic E-state index is 11.1. The molecule has 1 unspecified atom stereocenters. The first-order valence-electron chi connectivity index (χ1n) is 5.28. The van der Waals surface area contributed by atoms with Gasteiger partial charge in [0.15, 0.2) is 0 Å². The van der Waals surface area contributed by atoms with Gasteiger partial charge in [-0.05, 0) is 13.8 Å². The van der Waals surface area contributed by atoms with Crippen molar-refractivity contribution in [3.05, 3.63) is 11.9 Å². The Morgan fingerprint density at radius 2 is 1.94 bits per heavy atom. The number of aromatic nitrogens is 2. The van der Waals surface area contributed by atoms with Crippen molar-refractivity contribution in [2.75, 3.05) is 29.7 Å². The minimum absolute atomic E-state index is 0.0743. The van der Waals surface area contributed by atoms with Gasteiger partial charge in [-0.25, -0.2) is 18.4 Å². The summed E-state index contributed by atoms with van der Waals surface area (Å²) in [5.74, 6) is 2.03. The Bertz CT molecular complexity index is 487. The van der Waals surface area contributed by atoms with Crippen LogP contribution in [0, 0.1) is 6.92 Å². The molecule has 0 radical (unpaired) electrons. The van der Waals surface area contributed by atoms with Crippen LogP contribution in [-0.4, -0.2) is 43.5 Å². The van der Waals surface area contributed by atoms with E-state index < -0.39 is 9.84 Å². The lowest BCUT2D eigenvalue weighted by molar-refractivity contribution is 0.598. The molecule has 96 valence electrons. The normalized spacial score (nSPS) is 13.2. The van der Waals surface area contributed by atoms with Gasteiger partial charge in [-0.15, -0.1) is 0 Å². The van der Waals surface area contributed by atoms with E-state index in [1.807, 2.05) is 0 Å². The summed E-state index contributed by atoms with van der Waals surface area (Å²) >= 11 is 0. The molecule has 0 saturated heterocycles. The number of hydrogen-bond acceptors (Lipinski definition) is 6. The van der Waals surface area contributed by atoms with E-state index in [2.05, 4.69) is 20.6 Å². The zero-order chi connectivity index (χ0) is 13.1. The van der Waals surface area contributed by atoms with Crippen molar-refractivity contribution < 1.29 is 8.42 Å². The largest absolute Gasteiger partial charge is 0.373 e. The van der Waals surface area contributed by atoms with Crippen LogP contribution in [0.1, 0.15) is 12.7 Å². The van der Waals surface area contributed by atoms with Crippen LogP contribution in [0.25, 0.3) is 0 Å². The molecular formula is C10H18N4O2S. The fraction of sp³-hybridized carbons (Fsp3) is 0.600. The third kappa shape index (κ3) is 4.99. The van der Waals surface area contributed by atoms with Crippen LogP contribution < -0.4 is 10.6 Å². The molecule has 0 fully saturated rings. The Labute approximate surface area is 102 Å². The van der Waals surface area contributed by atoms with Crippen LogP contribution in [0.4, 0.5) is 11.6 Å². The molecule has 1 atom stereocenters. The zero-order valence-electron chi connectivity index (χ0n) is 10.5. The molecule has 1 heterocycles. The van der Waals surface area contributed by atoms with Crippen LogP contribution in [0.5, 0.6) is 0 Å². The van der Waals surface area contributed by atoms with Crippen molar-refractivity contribution in [1.29, 1.82) is 0 Å². The van der Waals surface area contributed by atoms with Crippen LogP contribution in [0.15, 0.2) is 6.07 Å². The SMILES string of the molecule is CNc1cc(NC(C)CS(C)(=O)=O)nc(C)n1. The van der Waals surface area contributed by atoms with Crippen LogP contribution in [0.2, 0.25) is 0 Å². The minimum atomic E-state index is -2.99. The molecule has 1 rings (SSSR count). The quantitative estimate of drug-likeness (QED) is 0.807. The molecule has 0 saturated carbocycles. The molecule has 7 heteroatoms. The molecule has 0 aromatic carbocycles. The highest BCUT2D eigenvalue weighted by molar-refractivity contribution is 7.90. The lowest BCUT2D eigenvalue weighted by Crippen LogP contribution is -2.25. The van der Waals surface area contributed by atoms with Crippen molar-refractivity contribution in [3.63, 3.8) is 0 Å². The van der Waals surface area contributed by atoms with Crippen molar-refractivity contribution in [1.82, 2.24) is 9.97 Å². The van der Waals surface area contributed by atoms with Gasteiger partial charge in [-0.3, -0.25) is 0 Å². The number of nitrogens with one attached hydrogen (secondary N) is 2. The van der Waals surface area contributed by atoms with E-state index in [9.17, 15) is 8.42 Å². The summed E-state index contributed by atoms with van der Waals surface area (Å²) in [5.41, 5.74) is 0. The van der Waals surface area contributed by atoms with E-state index in [-0.39, 0.29) is 11.8 Å². The average Bonchev–Trinajstić information content (AvgIpc) is 2.13. The van der Waals surface area contributed by atoms with Gasteiger partial charge in [-0.2, -0.15) is 0 Å². The van der Waals surface area contributed by atoms with Gasteiger partial charge in [-0.1, -0.05) is 0 Å². The molecule has 6 nitrogen and oxygen atoms in total. The highest BCUT2D eigenvalue weighted by Crippen LogP contribution is 2.11. The molecule has 1 aromatic rings. The van der Waals surface area contributed by atoms with Gasteiger partial charge in [0.2, 0.25) is 0 Å². The maximum Gasteiger partial charge on any atom is 0.149 e. The highest BCUT2D eigenvalue weighted by atomic mass is 32.2. The number of nitrogens with zero attached hydrogens (tertiary/aromatic N) is 2. The van der Waals surface area contributed by atoms with Gasteiger partial charge in [0.05, 0.1) is 5.75 Å². The van der Waals surface area contributed by atoms with Gasteiger partial charge in [0, 0.05) is 25.4 Å². The Kier molecular flexibility index (Phi) is 4.28. The average molecular weight is 258 g/mol. The fourth-order valence-corrected chi connectivity index (χ4v) is 2.51. The van der Waals surface area contributed by atoms with Crippen molar-refractivity contribution in [3.8, 4) is 0 Å². The number of aryl methyl sites for hydroxylation is 1. The molecule has 0 aliphatic rings. The summed E-state index contributed by atoms with van der Waals surface area (Å²) in [4.78, 5) is 8.35. The standard InChI is InChI=1S/C10H18N4O2S/c1-7(6-17(4,15)16)12-10-5-9(11-3)13-8(2)14-10/h5,7H,6H2,1-4H3,(H2,11,12,13,14). The van der Waals surface area contributed by atoms with Crippen molar-refractivity contribution >= 4 is 21.5 Å². The first-order chi connectivity index (χ1) is 7.80. The number of hydrogen-bond donors (Lipinski definition) is 2. The van der Waals surface area contributed by atoms with Crippen molar-refractivity contribution in [2.24, 2.45) is 0 Å². The van der Waals surface area contributed by atoms with Gasteiger partial charge in [0.1, 0.15) is 27.3 Å². The molecular weight excluding hydrogens is 240 g/mol. The smallest absolute Gasteiger partial charge is 0.149 e. The first-order valence-corrected chi connectivity index (χ1v) is 7.34. The Morgan fingerprint density at radius 1 is 1.35 bits per heavy atom. The lowest BCUT2D eigenvalue weighted by atomic mass is 10.4. The molecule has 0 aliphatic heterocycles. The highest BCUT2D eigenvalue weighted by Gasteiger charge is 2.11. The second-order valence-corrected chi connectivity index (χ2v) is 6.26. The zero-order valence-corrected chi connectivity index (χ0v) is 11.3. The molecule has 0 spiro atoms. The van der Waals surface area contributed by atoms with E-state index >= 15 is 0 Å². The monoisotopic (exact) mass is 258 g/mol. The second kappa shape index (κ2) is 5.31. The lowest BCUT2D eigenvalue weighted by Gasteiger charge is -2.14. The summed E-state index contributed by atoms with van der Waals surface area (Å²) in [7, 11) is -1.22. The van der Waals surface area contributed by atoms with Crippen LogP contribution in [0.3, 0.4) is 0 Å². The Morgan fingerprint density at radius 3 is 2.47 bits per heavy atom. The van der Waals surface area contributed by atoms with Gasteiger partial charge in [0.25, 0.3) is 0 Å². The summed E-state index contributed by atoms with van der Waals surface area (Å²) < 4.78 is 22.3. The Hall–Kier alpha value is -1.37. The topological polar surface area (TPSA) is 84.0 Å². The summed E-state index contributed by atoms with van der Waals surface area (Å²) in [5, 5.41) is 5.96. The molecule has 1 aromatic heterocycles. The maximum absolute atomic E-state index is 11.1. The molecule has 17 heavy (non-hydrogen) atoms. The van der Waals surface area contributed by atoms with E-state index in [0.717, 1.165) is 0 Å². The fourth-order valence-electron chi connectivity index (χ4n) is 1.52. The molecule has 2 N–H and O–H groups in total. The molecule has 0 bridgehead atoms. The Balaban J connectivity index is 2.77. The van der Waals surface area contributed by atoms with E-state index in [0.29, 0.717) is 17.5 Å². The predicted molar refractivity (Wildman–Crippen MR) is 69.1 cm³/mol. The van der Waals surface area contributed by atoms with E-state index in [1.54, 1.807) is 27.0 Å². The number of sulfone groups is 1. The molecule has 0 amide bonds. The van der Waals surface area contributed by atoms with Crippen molar-refractivity contribution in [2.45, 2.75) is 19.9 Å². The molecule has 0 aliphatic carbocycles. The second-order valence-electron chi connectivity index (χ2n) is 4.07. The van der Waals surface area contributed by atoms with Gasteiger partial charge >= 0.3 is 0 Å². The third-order valence-corrected chi connectivity index (χ3v) is 3.15. The summed E-state index contributed by atoms with van der Waals surface area (Å²) in [6.07, 6.45) is 1.22. The number of rotatable bonds is 5. The van der Waals surface area contributed by atoms with Crippen LogP contribution in [-0.2, 0) is 9.84 Å². The predicted octanol–water partition coefficient (Wildman–Crippen LogP) is 0.672. The van der Waals surface area contributed by atoms with Gasteiger partial charge < -0.3 is 10.6 Å². The number of anilines is 2. The summed E-state index contributed by atoms with van der Waals surface area (Å²) in [6.45, 7) is 3.59. The minimum Gasteiger partial charge on any atom is -0.373 e. The summed E-state index contributed by atoms with van der Waals surface area (Å²) in [6, 6.07) is 1.55. The van der Waals surface area contributed by atoms with Crippen LogP contribution >= 0.6 is 0 Å². The van der Waals surface area contributed by atoms with E-state index in [4.69, 9.17) is 0 Å². The first kappa shape index (κ1) is 13.7.